The summed E-state index contributed by atoms with van der Waals surface area (Å²) in [5.74, 6) is -0.744. The number of hydrogen-bond donors (Lipinski definition) is 1. The highest BCUT2D eigenvalue weighted by molar-refractivity contribution is 7.89. The molecule has 0 heterocycles. The minimum absolute atomic E-state index is 0.177. The zero-order chi connectivity index (χ0) is 16.2. The first-order valence-electron chi connectivity index (χ1n) is 7.33. The molecule has 0 aliphatic rings. The fourth-order valence-electron chi connectivity index (χ4n) is 2.09. The van der Waals surface area contributed by atoms with Crippen molar-refractivity contribution >= 4 is 15.7 Å². The van der Waals surface area contributed by atoms with E-state index in [1.54, 1.807) is 6.92 Å². The molecule has 120 valence electrons. The standard InChI is InChI=1S/C15H25FN2O2S/c1-5-7-8-18(12(4)6-2)21(19,20)15-10-14(17)11(3)9-13(15)16/h9-10,12H,5-8,17H2,1-4H3. The van der Waals surface area contributed by atoms with Crippen LogP contribution >= 0.6 is 0 Å². The number of benzene rings is 1. The van der Waals surface area contributed by atoms with E-state index < -0.39 is 15.8 Å². The molecule has 1 rings (SSSR count). The van der Waals surface area contributed by atoms with Gasteiger partial charge in [-0.3, -0.25) is 0 Å². The van der Waals surface area contributed by atoms with Gasteiger partial charge in [0.05, 0.1) is 0 Å². The largest absolute Gasteiger partial charge is 0.398 e. The van der Waals surface area contributed by atoms with Crippen LogP contribution in [-0.2, 0) is 10.0 Å². The van der Waals surface area contributed by atoms with Gasteiger partial charge in [-0.2, -0.15) is 4.31 Å². The average Bonchev–Trinajstić information content (AvgIpc) is 2.42. The van der Waals surface area contributed by atoms with E-state index in [2.05, 4.69) is 0 Å². The normalized spacial score (nSPS) is 13.6. The minimum atomic E-state index is -3.88. The van der Waals surface area contributed by atoms with Crippen LogP contribution in [0.1, 0.15) is 45.6 Å². The van der Waals surface area contributed by atoms with E-state index in [9.17, 15) is 12.8 Å². The summed E-state index contributed by atoms with van der Waals surface area (Å²) in [5, 5.41) is 0. The number of rotatable bonds is 7. The van der Waals surface area contributed by atoms with Gasteiger partial charge < -0.3 is 5.73 Å². The number of halogens is 1. The summed E-state index contributed by atoms with van der Waals surface area (Å²) in [7, 11) is -3.88. The Morgan fingerprint density at radius 2 is 1.95 bits per heavy atom. The molecule has 0 bridgehead atoms. The van der Waals surface area contributed by atoms with Crippen molar-refractivity contribution in [2.45, 2.75) is 57.9 Å². The summed E-state index contributed by atoms with van der Waals surface area (Å²) >= 11 is 0. The highest BCUT2D eigenvalue weighted by Gasteiger charge is 2.30. The lowest BCUT2D eigenvalue weighted by Crippen LogP contribution is -2.39. The SMILES string of the molecule is CCCCN(C(C)CC)S(=O)(=O)c1cc(N)c(C)cc1F. The molecule has 0 aromatic heterocycles. The molecule has 0 amide bonds. The van der Waals surface area contributed by atoms with Gasteiger partial charge in [0.15, 0.2) is 0 Å². The minimum Gasteiger partial charge on any atom is -0.398 e. The second-order valence-electron chi connectivity index (χ2n) is 5.37. The van der Waals surface area contributed by atoms with Crippen molar-refractivity contribution < 1.29 is 12.8 Å². The first-order chi connectivity index (χ1) is 9.75. The fraction of sp³-hybridized carbons (Fsp3) is 0.600. The summed E-state index contributed by atoms with van der Waals surface area (Å²) in [5.41, 5.74) is 6.57. The smallest absolute Gasteiger partial charge is 0.246 e. The van der Waals surface area contributed by atoms with Crippen molar-refractivity contribution in [1.29, 1.82) is 0 Å². The van der Waals surface area contributed by atoms with Gasteiger partial charge in [-0.25, -0.2) is 12.8 Å². The maximum Gasteiger partial charge on any atom is 0.246 e. The summed E-state index contributed by atoms with van der Waals surface area (Å²) in [6.07, 6.45) is 2.29. The van der Waals surface area contributed by atoms with Gasteiger partial charge in [-0.15, -0.1) is 0 Å². The highest BCUT2D eigenvalue weighted by Crippen LogP contribution is 2.26. The Morgan fingerprint density at radius 3 is 2.48 bits per heavy atom. The number of nitrogens with zero attached hydrogens (tertiary/aromatic N) is 1. The highest BCUT2D eigenvalue weighted by atomic mass is 32.2. The average molecular weight is 316 g/mol. The predicted molar refractivity (Wildman–Crippen MR) is 84.1 cm³/mol. The van der Waals surface area contributed by atoms with E-state index in [1.807, 2.05) is 20.8 Å². The predicted octanol–water partition coefficient (Wildman–Crippen LogP) is 3.31. The second-order valence-corrected chi connectivity index (χ2v) is 7.22. The number of sulfonamides is 1. The maximum absolute atomic E-state index is 14.1. The maximum atomic E-state index is 14.1. The third kappa shape index (κ3) is 3.95. The van der Waals surface area contributed by atoms with Crippen LogP contribution in [0.5, 0.6) is 0 Å². The number of nitrogens with two attached hydrogens (primary N) is 1. The molecular weight excluding hydrogens is 291 g/mol. The quantitative estimate of drug-likeness (QED) is 0.785. The number of nitrogen functional groups attached to an aromatic ring is 1. The summed E-state index contributed by atoms with van der Waals surface area (Å²) in [4.78, 5) is -0.331. The Bertz CT molecular complexity index is 588. The van der Waals surface area contributed by atoms with E-state index in [4.69, 9.17) is 5.73 Å². The number of aryl methyl sites for hydroxylation is 1. The molecular formula is C15H25FN2O2S. The molecule has 0 aliphatic heterocycles. The molecule has 1 aromatic carbocycles. The molecule has 21 heavy (non-hydrogen) atoms. The van der Waals surface area contributed by atoms with Crippen LogP contribution in [0.15, 0.2) is 17.0 Å². The van der Waals surface area contributed by atoms with Crippen molar-refractivity contribution in [2.75, 3.05) is 12.3 Å². The van der Waals surface area contributed by atoms with Gasteiger partial charge in [-0.1, -0.05) is 20.3 Å². The molecule has 1 atom stereocenters. The molecule has 4 nitrogen and oxygen atoms in total. The Hall–Kier alpha value is -1.14. The zero-order valence-corrected chi connectivity index (χ0v) is 14.0. The molecule has 0 saturated carbocycles. The Balaban J connectivity index is 3.31. The Morgan fingerprint density at radius 1 is 1.33 bits per heavy atom. The fourth-order valence-corrected chi connectivity index (χ4v) is 3.91. The van der Waals surface area contributed by atoms with Crippen molar-refractivity contribution in [3.63, 3.8) is 0 Å². The Kier molecular flexibility index (Phi) is 6.16. The number of anilines is 1. The molecule has 0 saturated heterocycles. The van der Waals surface area contributed by atoms with E-state index >= 15 is 0 Å². The lowest BCUT2D eigenvalue weighted by molar-refractivity contribution is 0.322. The molecule has 1 unspecified atom stereocenters. The van der Waals surface area contributed by atoms with Crippen molar-refractivity contribution in [1.82, 2.24) is 4.31 Å². The summed E-state index contributed by atoms with van der Waals surface area (Å²) in [6.45, 7) is 7.78. The van der Waals surface area contributed by atoms with Crippen LogP contribution in [0.3, 0.4) is 0 Å². The number of unbranched alkanes of at least 4 members (excludes halogenated alkanes) is 1. The lowest BCUT2D eigenvalue weighted by Gasteiger charge is -2.28. The van der Waals surface area contributed by atoms with Gasteiger partial charge in [0.1, 0.15) is 10.7 Å². The van der Waals surface area contributed by atoms with Crippen LogP contribution in [0.4, 0.5) is 10.1 Å². The second kappa shape index (κ2) is 7.22. The zero-order valence-electron chi connectivity index (χ0n) is 13.2. The first kappa shape index (κ1) is 17.9. The lowest BCUT2D eigenvalue weighted by atomic mass is 10.2. The molecule has 2 N–H and O–H groups in total. The van der Waals surface area contributed by atoms with E-state index in [0.717, 1.165) is 12.8 Å². The summed E-state index contributed by atoms with van der Waals surface area (Å²) < 4.78 is 41.0. The van der Waals surface area contributed by atoms with E-state index in [1.165, 1.54) is 16.4 Å². The molecule has 6 heteroatoms. The molecule has 0 fully saturated rings. The topological polar surface area (TPSA) is 63.4 Å². The van der Waals surface area contributed by atoms with Crippen LogP contribution in [0.2, 0.25) is 0 Å². The molecule has 0 spiro atoms. The third-order valence-corrected chi connectivity index (χ3v) is 5.75. The van der Waals surface area contributed by atoms with Gasteiger partial charge in [0, 0.05) is 18.3 Å². The van der Waals surface area contributed by atoms with Crippen LogP contribution in [-0.4, -0.2) is 25.3 Å². The third-order valence-electron chi connectivity index (χ3n) is 3.72. The van der Waals surface area contributed by atoms with Gasteiger partial charge >= 0.3 is 0 Å². The van der Waals surface area contributed by atoms with Gasteiger partial charge in [-0.05, 0) is 44.4 Å². The van der Waals surface area contributed by atoms with Gasteiger partial charge in [0.2, 0.25) is 10.0 Å². The van der Waals surface area contributed by atoms with Crippen molar-refractivity contribution in [2.24, 2.45) is 0 Å². The van der Waals surface area contributed by atoms with Crippen molar-refractivity contribution in [3.05, 3.63) is 23.5 Å². The van der Waals surface area contributed by atoms with E-state index in [0.29, 0.717) is 18.5 Å². The molecule has 0 aliphatic carbocycles. The van der Waals surface area contributed by atoms with Gasteiger partial charge in [0.25, 0.3) is 0 Å². The number of hydrogen-bond acceptors (Lipinski definition) is 3. The van der Waals surface area contributed by atoms with Crippen LogP contribution in [0, 0.1) is 12.7 Å². The van der Waals surface area contributed by atoms with Crippen LogP contribution in [0.25, 0.3) is 0 Å². The van der Waals surface area contributed by atoms with Crippen LogP contribution < -0.4 is 5.73 Å². The first-order valence-corrected chi connectivity index (χ1v) is 8.77. The summed E-state index contributed by atoms with van der Waals surface area (Å²) in [6, 6.07) is 2.22. The van der Waals surface area contributed by atoms with Crippen molar-refractivity contribution in [3.8, 4) is 0 Å². The van der Waals surface area contributed by atoms with E-state index in [-0.39, 0.29) is 16.6 Å². The molecule has 0 radical (unpaired) electrons. The molecule has 1 aromatic rings. The Labute approximate surface area is 127 Å². The monoisotopic (exact) mass is 316 g/mol.